The van der Waals surface area contributed by atoms with Crippen LogP contribution in [0.4, 0.5) is 0 Å². The highest BCUT2D eigenvalue weighted by molar-refractivity contribution is 5.95. The first-order valence-electron chi connectivity index (χ1n) is 3.61. The Balaban J connectivity index is 3.15. The van der Waals surface area contributed by atoms with Crippen molar-refractivity contribution in [1.82, 2.24) is 4.98 Å². The van der Waals surface area contributed by atoms with Crippen molar-refractivity contribution in [3.05, 3.63) is 18.0 Å². The molecule has 0 spiro atoms. The van der Waals surface area contributed by atoms with Crippen molar-refractivity contribution in [2.45, 2.75) is 0 Å². The first-order chi connectivity index (χ1) is 6.19. The van der Waals surface area contributed by atoms with Gasteiger partial charge in [0.05, 0.1) is 20.4 Å². The van der Waals surface area contributed by atoms with Gasteiger partial charge in [-0.1, -0.05) is 0 Å². The van der Waals surface area contributed by atoms with Gasteiger partial charge in [0.15, 0.2) is 5.75 Å². The highest BCUT2D eigenvalue weighted by atomic mass is 16.5. The first-order valence-corrected chi connectivity index (χ1v) is 3.61. The zero-order valence-corrected chi connectivity index (χ0v) is 7.50. The maximum Gasteiger partial charge on any atom is 0.151 e. The molecule has 1 aromatic heterocycles. The average Bonchev–Trinajstić information content (AvgIpc) is 2.16. The number of nitrogens with one attached hydrogen (secondary N) is 1. The fourth-order valence-corrected chi connectivity index (χ4v) is 0.896. The van der Waals surface area contributed by atoms with Crippen LogP contribution < -0.4 is 15.2 Å². The molecule has 0 saturated heterocycles. The third-order valence-electron chi connectivity index (χ3n) is 1.54. The monoisotopic (exact) mass is 181 g/mol. The van der Waals surface area contributed by atoms with Crippen molar-refractivity contribution >= 4 is 5.84 Å². The Morgan fingerprint density at radius 3 is 2.62 bits per heavy atom. The second kappa shape index (κ2) is 3.75. The number of ether oxygens (including phenoxy) is 2. The number of aromatic nitrogens is 1. The summed E-state index contributed by atoms with van der Waals surface area (Å²) in [6.45, 7) is 0. The number of amidine groups is 1. The van der Waals surface area contributed by atoms with E-state index in [1.807, 2.05) is 0 Å². The summed E-state index contributed by atoms with van der Waals surface area (Å²) >= 11 is 0. The van der Waals surface area contributed by atoms with Crippen molar-refractivity contribution in [2.75, 3.05) is 14.2 Å². The maximum absolute atomic E-state index is 7.20. The van der Waals surface area contributed by atoms with Crippen LogP contribution in [0.5, 0.6) is 11.5 Å². The van der Waals surface area contributed by atoms with Gasteiger partial charge in [0, 0.05) is 6.07 Å². The second-order valence-corrected chi connectivity index (χ2v) is 2.34. The van der Waals surface area contributed by atoms with Crippen molar-refractivity contribution in [2.24, 2.45) is 5.73 Å². The molecule has 0 fully saturated rings. The van der Waals surface area contributed by atoms with Gasteiger partial charge in [-0.2, -0.15) is 0 Å². The number of nitrogens with zero attached hydrogens (tertiary/aromatic N) is 1. The Hall–Kier alpha value is -1.78. The molecule has 0 aromatic carbocycles. The van der Waals surface area contributed by atoms with E-state index in [-0.39, 0.29) is 5.84 Å². The third-order valence-corrected chi connectivity index (χ3v) is 1.54. The minimum Gasteiger partial charge on any atom is -0.495 e. The second-order valence-electron chi connectivity index (χ2n) is 2.34. The molecular weight excluding hydrogens is 170 g/mol. The maximum atomic E-state index is 7.20. The molecule has 0 unspecified atom stereocenters. The molecule has 5 nitrogen and oxygen atoms in total. The van der Waals surface area contributed by atoms with Gasteiger partial charge >= 0.3 is 0 Å². The Bertz CT molecular complexity index is 325. The van der Waals surface area contributed by atoms with Crippen LogP contribution in [-0.2, 0) is 0 Å². The van der Waals surface area contributed by atoms with Crippen molar-refractivity contribution < 1.29 is 9.47 Å². The summed E-state index contributed by atoms with van der Waals surface area (Å²) in [7, 11) is 3.02. The van der Waals surface area contributed by atoms with E-state index < -0.39 is 0 Å². The lowest BCUT2D eigenvalue weighted by Crippen LogP contribution is -2.14. The van der Waals surface area contributed by atoms with Gasteiger partial charge in [0.2, 0.25) is 0 Å². The van der Waals surface area contributed by atoms with E-state index in [0.717, 1.165) is 0 Å². The molecule has 1 aromatic rings. The largest absolute Gasteiger partial charge is 0.495 e. The van der Waals surface area contributed by atoms with E-state index in [1.165, 1.54) is 20.4 Å². The molecular formula is C8H11N3O2. The number of rotatable bonds is 3. The van der Waals surface area contributed by atoms with E-state index in [2.05, 4.69) is 4.98 Å². The zero-order chi connectivity index (χ0) is 9.84. The van der Waals surface area contributed by atoms with E-state index in [4.69, 9.17) is 20.6 Å². The van der Waals surface area contributed by atoms with Crippen LogP contribution in [0.2, 0.25) is 0 Å². The lowest BCUT2D eigenvalue weighted by molar-refractivity contribution is 0.390. The predicted molar refractivity (Wildman–Crippen MR) is 48.4 cm³/mol. The van der Waals surface area contributed by atoms with Crippen LogP contribution in [0.3, 0.4) is 0 Å². The number of pyridine rings is 1. The average molecular weight is 181 g/mol. The summed E-state index contributed by atoms with van der Waals surface area (Å²) in [6.07, 6.45) is 1.49. The van der Waals surface area contributed by atoms with Crippen LogP contribution in [0.25, 0.3) is 0 Å². The molecule has 5 heteroatoms. The lowest BCUT2D eigenvalue weighted by atomic mass is 10.3. The Morgan fingerprint density at radius 2 is 2.15 bits per heavy atom. The van der Waals surface area contributed by atoms with Gasteiger partial charge in [-0.3, -0.25) is 5.41 Å². The van der Waals surface area contributed by atoms with Gasteiger partial charge in [0.1, 0.15) is 17.3 Å². The first kappa shape index (κ1) is 9.31. The van der Waals surface area contributed by atoms with Gasteiger partial charge in [0.25, 0.3) is 0 Å². The van der Waals surface area contributed by atoms with Gasteiger partial charge in [-0.05, 0) is 0 Å². The normalized spacial score (nSPS) is 9.38. The molecule has 0 atom stereocenters. The quantitative estimate of drug-likeness (QED) is 0.522. The highest BCUT2D eigenvalue weighted by Crippen LogP contribution is 2.21. The van der Waals surface area contributed by atoms with Crippen LogP contribution in [0.1, 0.15) is 5.69 Å². The van der Waals surface area contributed by atoms with Gasteiger partial charge in [-0.25, -0.2) is 4.98 Å². The molecule has 0 aliphatic heterocycles. The Kier molecular flexibility index (Phi) is 2.69. The summed E-state index contributed by atoms with van der Waals surface area (Å²) in [5.41, 5.74) is 5.60. The number of hydrogen-bond acceptors (Lipinski definition) is 4. The van der Waals surface area contributed by atoms with Gasteiger partial charge in [-0.15, -0.1) is 0 Å². The third kappa shape index (κ3) is 1.87. The minimum atomic E-state index is -0.125. The molecule has 13 heavy (non-hydrogen) atoms. The van der Waals surface area contributed by atoms with Gasteiger partial charge < -0.3 is 15.2 Å². The molecule has 0 aliphatic carbocycles. The smallest absolute Gasteiger partial charge is 0.151 e. The summed E-state index contributed by atoms with van der Waals surface area (Å²) in [6, 6.07) is 1.63. The van der Waals surface area contributed by atoms with E-state index in [9.17, 15) is 0 Å². The predicted octanol–water partition coefficient (Wildman–Crippen LogP) is 0.383. The van der Waals surface area contributed by atoms with Crippen LogP contribution >= 0.6 is 0 Å². The summed E-state index contributed by atoms with van der Waals surface area (Å²) in [5.74, 6) is 0.883. The summed E-state index contributed by atoms with van der Waals surface area (Å²) in [4.78, 5) is 3.92. The van der Waals surface area contributed by atoms with Crippen LogP contribution in [0.15, 0.2) is 12.3 Å². The SMILES string of the molecule is COc1cnc(C(=N)N)c(OC)c1. The molecule has 0 aliphatic rings. The highest BCUT2D eigenvalue weighted by Gasteiger charge is 2.08. The summed E-state index contributed by atoms with van der Waals surface area (Å²) < 4.78 is 9.92. The summed E-state index contributed by atoms with van der Waals surface area (Å²) in [5, 5.41) is 7.20. The van der Waals surface area contributed by atoms with Crippen molar-refractivity contribution in [1.29, 1.82) is 5.41 Å². The number of hydrogen-bond donors (Lipinski definition) is 2. The Labute approximate surface area is 76.0 Å². The molecule has 0 bridgehead atoms. The Morgan fingerprint density at radius 1 is 1.46 bits per heavy atom. The molecule has 3 N–H and O–H groups in total. The van der Waals surface area contributed by atoms with E-state index >= 15 is 0 Å². The lowest BCUT2D eigenvalue weighted by Gasteiger charge is -2.07. The fraction of sp³-hybridized carbons (Fsp3) is 0.250. The fourth-order valence-electron chi connectivity index (χ4n) is 0.896. The minimum absolute atomic E-state index is 0.125. The van der Waals surface area contributed by atoms with Crippen molar-refractivity contribution in [3.8, 4) is 11.5 Å². The standard InChI is InChI=1S/C8H11N3O2/c1-12-5-3-6(13-2)7(8(9)10)11-4-5/h3-4H,1-2H3,(H3,9,10). The molecule has 0 saturated carbocycles. The van der Waals surface area contributed by atoms with Crippen molar-refractivity contribution in [3.63, 3.8) is 0 Å². The number of methoxy groups -OCH3 is 2. The van der Waals surface area contributed by atoms with E-state index in [0.29, 0.717) is 17.2 Å². The van der Waals surface area contributed by atoms with Crippen LogP contribution in [-0.4, -0.2) is 25.0 Å². The molecule has 70 valence electrons. The van der Waals surface area contributed by atoms with E-state index in [1.54, 1.807) is 6.07 Å². The zero-order valence-electron chi connectivity index (χ0n) is 7.50. The topological polar surface area (TPSA) is 81.2 Å². The molecule has 0 radical (unpaired) electrons. The molecule has 0 amide bonds. The molecule has 1 heterocycles. The van der Waals surface area contributed by atoms with Crippen LogP contribution in [0, 0.1) is 5.41 Å². The number of nitrogen functional groups attached to an aromatic ring is 1. The number of nitrogens with two attached hydrogens (primary N) is 1. The molecule has 1 rings (SSSR count).